The van der Waals surface area contributed by atoms with Gasteiger partial charge in [-0.05, 0) is 29.9 Å². The lowest BCUT2D eigenvalue weighted by Crippen LogP contribution is -2.56. The van der Waals surface area contributed by atoms with E-state index in [1.807, 2.05) is 53.4 Å². The molecule has 192 valence electrons. The van der Waals surface area contributed by atoms with E-state index in [1.165, 1.54) is 0 Å². The van der Waals surface area contributed by atoms with Crippen molar-refractivity contribution in [2.75, 3.05) is 26.2 Å². The van der Waals surface area contributed by atoms with Crippen LogP contribution >= 0.6 is 0 Å². The lowest BCUT2D eigenvalue weighted by Gasteiger charge is -2.43. The maximum atomic E-state index is 13.4. The molecule has 2 aromatic carbocycles. The molecule has 0 radical (unpaired) electrons. The number of aromatic nitrogens is 1. The fourth-order valence-electron chi connectivity index (χ4n) is 5.69. The van der Waals surface area contributed by atoms with E-state index in [-0.39, 0.29) is 23.8 Å². The predicted octanol–water partition coefficient (Wildman–Crippen LogP) is 2.89. The van der Waals surface area contributed by atoms with Gasteiger partial charge in [-0.3, -0.25) is 24.3 Å². The number of nitrogens with one attached hydrogen (secondary N) is 1. The van der Waals surface area contributed by atoms with Crippen LogP contribution in [0.25, 0.3) is 10.8 Å². The van der Waals surface area contributed by atoms with E-state index < -0.39 is 11.9 Å². The second kappa shape index (κ2) is 11.1. The molecule has 0 spiro atoms. The van der Waals surface area contributed by atoms with Gasteiger partial charge in [0.25, 0.3) is 5.91 Å². The van der Waals surface area contributed by atoms with Crippen LogP contribution in [0.5, 0.6) is 0 Å². The Balaban J connectivity index is 1.23. The Kier molecular flexibility index (Phi) is 7.46. The number of carbonyl (C=O) groups is 3. The second-order valence-electron chi connectivity index (χ2n) is 9.96. The van der Waals surface area contributed by atoms with Crippen molar-refractivity contribution < 1.29 is 14.4 Å². The Bertz CT molecular complexity index is 1270. The molecule has 0 unspecified atom stereocenters. The highest BCUT2D eigenvalue weighted by atomic mass is 16.2. The highest BCUT2D eigenvalue weighted by Gasteiger charge is 2.38. The lowest BCUT2D eigenvalue weighted by molar-refractivity contribution is -0.133. The zero-order valence-electron chi connectivity index (χ0n) is 20.9. The average molecular weight is 500 g/mol. The van der Waals surface area contributed by atoms with E-state index >= 15 is 0 Å². The molecule has 8 heteroatoms. The first-order valence-corrected chi connectivity index (χ1v) is 13.0. The van der Waals surface area contributed by atoms with Crippen LogP contribution in [-0.2, 0) is 9.59 Å². The van der Waals surface area contributed by atoms with Gasteiger partial charge in [0.05, 0.1) is 5.92 Å². The molecular formula is C29H33N5O3. The lowest BCUT2D eigenvalue weighted by atomic mass is 9.82. The summed E-state index contributed by atoms with van der Waals surface area (Å²) in [5.41, 5.74) is 6.78. The normalized spacial score (nSPS) is 21.4. The molecule has 2 fully saturated rings. The van der Waals surface area contributed by atoms with Crippen LogP contribution < -0.4 is 11.1 Å². The molecular weight excluding hydrogens is 466 g/mol. The fourth-order valence-corrected chi connectivity index (χ4v) is 5.69. The molecule has 1 aromatic heterocycles. The van der Waals surface area contributed by atoms with Crippen molar-refractivity contribution in [1.82, 2.24) is 20.1 Å². The molecule has 2 aliphatic rings. The van der Waals surface area contributed by atoms with Crippen LogP contribution in [0.1, 0.15) is 47.8 Å². The van der Waals surface area contributed by atoms with E-state index in [4.69, 9.17) is 5.73 Å². The second-order valence-corrected chi connectivity index (χ2v) is 9.96. The smallest absolute Gasteiger partial charge is 0.272 e. The summed E-state index contributed by atoms with van der Waals surface area (Å²) in [4.78, 5) is 47.3. The van der Waals surface area contributed by atoms with Crippen molar-refractivity contribution in [3.63, 3.8) is 0 Å². The predicted molar refractivity (Wildman–Crippen MR) is 141 cm³/mol. The number of fused-ring (bicyclic) bond motifs is 1. The Morgan fingerprint density at radius 2 is 1.57 bits per heavy atom. The van der Waals surface area contributed by atoms with Gasteiger partial charge in [-0.25, -0.2) is 0 Å². The average Bonchev–Trinajstić information content (AvgIpc) is 2.95. The van der Waals surface area contributed by atoms with Gasteiger partial charge in [0.2, 0.25) is 11.8 Å². The number of hydrogen-bond donors (Lipinski definition) is 2. The number of primary amides is 1. The molecule has 1 saturated carbocycles. The van der Waals surface area contributed by atoms with Gasteiger partial charge in [0, 0.05) is 43.8 Å². The van der Waals surface area contributed by atoms with Gasteiger partial charge in [0.15, 0.2) is 0 Å². The number of nitrogens with zero attached hydrogens (tertiary/aromatic N) is 3. The molecule has 1 saturated heterocycles. The Labute approximate surface area is 216 Å². The van der Waals surface area contributed by atoms with Crippen LogP contribution in [0.2, 0.25) is 0 Å². The zero-order valence-corrected chi connectivity index (χ0v) is 20.9. The number of rotatable bonds is 6. The zero-order chi connectivity index (χ0) is 25.8. The van der Waals surface area contributed by atoms with Crippen molar-refractivity contribution in [2.45, 2.75) is 37.8 Å². The van der Waals surface area contributed by atoms with Gasteiger partial charge in [-0.15, -0.1) is 0 Å². The van der Waals surface area contributed by atoms with Gasteiger partial charge in [-0.1, -0.05) is 67.4 Å². The Hall–Kier alpha value is -3.78. The number of nitrogens with two attached hydrogens (primary N) is 1. The van der Waals surface area contributed by atoms with E-state index in [0.717, 1.165) is 36.5 Å². The monoisotopic (exact) mass is 499 g/mol. The maximum Gasteiger partial charge on any atom is 0.272 e. The minimum absolute atomic E-state index is 0.0597. The largest absolute Gasteiger partial charge is 0.368 e. The number of pyridine rings is 1. The number of carbonyl (C=O) groups excluding carboxylic acids is 3. The molecule has 3 N–H and O–H groups in total. The first-order valence-electron chi connectivity index (χ1n) is 13.0. The Morgan fingerprint density at radius 1 is 0.892 bits per heavy atom. The van der Waals surface area contributed by atoms with Crippen molar-refractivity contribution >= 4 is 28.5 Å². The summed E-state index contributed by atoms with van der Waals surface area (Å²) in [6, 6.07) is 18.1. The highest BCUT2D eigenvalue weighted by Crippen LogP contribution is 2.30. The first-order chi connectivity index (χ1) is 18.0. The molecule has 1 aliphatic carbocycles. The molecule has 2 heterocycles. The van der Waals surface area contributed by atoms with Crippen molar-refractivity contribution in [3.05, 3.63) is 78.1 Å². The van der Waals surface area contributed by atoms with Gasteiger partial charge in [-0.2, -0.15) is 0 Å². The van der Waals surface area contributed by atoms with E-state index in [1.54, 1.807) is 18.3 Å². The first kappa shape index (κ1) is 24.9. The number of amides is 3. The van der Waals surface area contributed by atoms with Crippen molar-refractivity contribution in [3.8, 4) is 0 Å². The fraction of sp³-hybridized carbons (Fsp3) is 0.379. The van der Waals surface area contributed by atoms with Crippen LogP contribution in [0.15, 0.2) is 66.9 Å². The summed E-state index contributed by atoms with van der Waals surface area (Å²) in [6.07, 6.45) is 5.49. The number of hydrogen-bond acceptors (Lipinski definition) is 5. The van der Waals surface area contributed by atoms with Crippen molar-refractivity contribution in [2.24, 2.45) is 11.7 Å². The minimum atomic E-state index is -0.847. The molecule has 3 amide bonds. The maximum absolute atomic E-state index is 13.4. The minimum Gasteiger partial charge on any atom is -0.368 e. The SMILES string of the molecule is NC(=O)[C@@H](NC(=O)[C@@H]1CCCC[C@H]1N1CCN(C(=O)c2cc3ccccc3cn2)CC1)c1ccccc1. The summed E-state index contributed by atoms with van der Waals surface area (Å²) < 4.78 is 0. The molecule has 3 atom stereocenters. The van der Waals surface area contributed by atoms with E-state index in [9.17, 15) is 14.4 Å². The third-order valence-corrected chi connectivity index (χ3v) is 7.69. The molecule has 8 nitrogen and oxygen atoms in total. The standard InChI is InChI=1S/C29H33N5O3/c30-27(35)26(20-8-2-1-3-9-20)32-28(36)23-12-6-7-13-25(23)33-14-16-34(17-15-33)29(37)24-18-21-10-4-5-11-22(21)19-31-24/h1-5,8-11,18-19,23,25-26H,6-7,12-17H2,(H2,30,35)(H,32,36)/t23-,25-,26+/m1/s1. The van der Waals surface area contributed by atoms with Crippen molar-refractivity contribution in [1.29, 1.82) is 0 Å². The summed E-state index contributed by atoms with van der Waals surface area (Å²) >= 11 is 0. The van der Waals surface area contributed by atoms with E-state index in [0.29, 0.717) is 37.4 Å². The summed E-state index contributed by atoms with van der Waals surface area (Å²) in [7, 11) is 0. The summed E-state index contributed by atoms with van der Waals surface area (Å²) in [5, 5.41) is 4.93. The summed E-state index contributed by atoms with van der Waals surface area (Å²) in [5.74, 6) is -0.975. The van der Waals surface area contributed by atoms with Gasteiger partial charge in [0.1, 0.15) is 11.7 Å². The van der Waals surface area contributed by atoms with Gasteiger partial charge < -0.3 is 16.0 Å². The van der Waals surface area contributed by atoms with Crippen LogP contribution in [0, 0.1) is 5.92 Å². The molecule has 5 rings (SSSR count). The van der Waals surface area contributed by atoms with E-state index in [2.05, 4.69) is 15.2 Å². The van der Waals surface area contributed by atoms with Gasteiger partial charge >= 0.3 is 0 Å². The highest BCUT2D eigenvalue weighted by molar-refractivity contribution is 5.96. The molecule has 1 aliphatic heterocycles. The van der Waals surface area contributed by atoms with Crippen LogP contribution in [0.4, 0.5) is 0 Å². The van der Waals surface area contributed by atoms with Crippen LogP contribution in [-0.4, -0.2) is 64.7 Å². The third kappa shape index (κ3) is 5.49. The Morgan fingerprint density at radius 3 is 2.30 bits per heavy atom. The number of benzene rings is 2. The third-order valence-electron chi connectivity index (χ3n) is 7.69. The molecule has 3 aromatic rings. The topological polar surface area (TPSA) is 109 Å². The summed E-state index contributed by atoms with van der Waals surface area (Å²) in [6.45, 7) is 2.58. The number of piperazine rings is 1. The molecule has 37 heavy (non-hydrogen) atoms. The quantitative estimate of drug-likeness (QED) is 0.542. The van der Waals surface area contributed by atoms with Crippen LogP contribution in [0.3, 0.4) is 0 Å². The molecule has 0 bridgehead atoms.